The molecular formula is C25H18BrNO2. The minimum Gasteiger partial charge on any atom is -0.325 e. The van der Waals surface area contributed by atoms with E-state index >= 15 is 0 Å². The van der Waals surface area contributed by atoms with Gasteiger partial charge in [-0.3, -0.25) is 9.59 Å². The van der Waals surface area contributed by atoms with Gasteiger partial charge in [-0.15, -0.1) is 0 Å². The Labute approximate surface area is 177 Å². The molecule has 0 bridgehead atoms. The van der Waals surface area contributed by atoms with E-state index in [4.69, 9.17) is 0 Å². The van der Waals surface area contributed by atoms with Gasteiger partial charge in [0.25, 0.3) is 0 Å². The van der Waals surface area contributed by atoms with Crippen molar-refractivity contribution in [1.29, 1.82) is 0 Å². The second-order valence-electron chi connectivity index (χ2n) is 6.75. The van der Waals surface area contributed by atoms with E-state index < -0.39 is 0 Å². The molecule has 4 aromatic rings. The molecule has 3 nitrogen and oxygen atoms in total. The Kier molecular flexibility index (Phi) is 5.54. The summed E-state index contributed by atoms with van der Waals surface area (Å²) < 4.78 is 0.794. The number of fused-ring (bicyclic) bond motifs is 1. The molecule has 4 rings (SSSR count). The van der Waals surface area contributed by atoms with Crippen LogP contribution in [0.3, 0.4) is 0 Å². The summed E-state index contributed by atoms with van der Waals surface area (Å²) in [5.74, 6) is -0.292. The van der Waals surface area contributed by atoms with Gasteiger partial charge in [0.05, 0.1) is 12.1 Å². The number of carbonyl (C=O) groups is 2. The van der Waals surface area contributed by atoms with E-state index in [-0.39, 0.29) is 18.1 Å². The van der Waals surface area contributed by atoms with Gasteiger partial charge < -0.3 is 5.32 Å². The highest BCUT2D eigenvalue weighted by atomic mass is 79.9. The lowest BCUT2D eigenvalue weighted by molar-refractivity contribution is -0.115. The van der Waals surface area contributed by atoms with Crippen LogP contribution in [-0.4, -0.2) is 11.7 Å². The van der Waals surface area contributed by atoms with E-state index in [1.165, 1.54) is 0 Å². The molecule has 142 valence electrons. The number of nitrogens with one attached hydrogen (secondary N) is 1. The normalized spacial score (nSPS) is 10.7. The van der Waals surface area contributed by atoms with Gasteiger partial charge in [0.1, 0.15) is 0 Å². The average Bonchev–Trinajstić information content (AvgIpc) is 2.74. The predicted molar refractivity (Wildman–Crippen MR) is 120 cm³/mol. The van der Waals surface area contributed by atoms with Crippen LogP contribution in [0, 0.1) is 0 Å². The maximum Gasteiger partial charge on any atom is 0.228 e. The maximum atomic E-state index is 12.9. The molecular weight excluding hydrogens is 426 g/mol. The highest BCUT2D eigenvalue weighted by Gasteiger charge is 2.16. The number of ketones is 1. The van der Waals surface area contributed by atoms with Gasteiger partial charge >= 0.3 is 0 Å². The number of rotatable bonds is 5. The van der Waals surface area contributed by atoms with Crippen molar-refractivity contribution in [2.45, 2.75) is 6.42 Å². The topological polar surface area (TPSA) is 46.2 Å². The van der Waals surface area contributed by atoms with Crippen molar-refractivity contribution in [3.8, 4) is 0 Å². The zero-order valence-electron chi connectivity index (χ0n) is 15.6. The fraction of sp³-hybridized carbons (Fsp3) is 0.0400. The minimum absolute atomic E-state index is 0.126. The Hall–Kier alpha value is -3.24. The van der Waals surface area contributed by atoms with Crippen LogP contribution in [0.1, 0.15) is 21.5 Å². The van der Waals surface area contributed by atoms with Crippen LogP contribution in [-0.2, 0) is 11.2 Å². The van der Waals surface area contributed by atoms with Crippen LogP contribution in [0.15, 0.2) is 95.5 Å². The van der Waals surface area contributed by atoms with Crippen LogP contribution in [0.25, 0.3) is 10.8 Å². The molecule has 0 aliphatic carbocycles. The van der Waals surface area contributed by atoms with Crippen LogP contribution in [0.2, 0.25) is 0 Å². The number of benzene rings is 4. The van der Waals surface area contributed by atoms with Crippen molar-refractivity contribution >= 4 is 44.1 Å². The molecule has 0 aromatic heterocycles. The van der Waals surface area contributed by atoms with Crippen LogP contribution < -0.4 is 5.32 Å². The molecule has 0 saturated heterocycles. The van der Waals surface area contributed by atoms with E-state index in [1.54, 1.807) is 30.3 Å². The largest absolute Gasteiger partial charge is 0.325 e. The van der Waals surface area contributed by atoms with Gasteiger partial charge in [-0.05, 0) is 34.5 Å². The minimum atomic E-state index is -0.165. The van der Waals surface area contributed by atoms with Gasteiger partial charge in [-0.2, -0.15) is 0 Å². The first-order valence-corrected chi connectivity index (χ1v) is 10.1. The molecule has 0 saturated carbocycles. The third-order valence-corrected chi connectivity index (χ3v) is 5.26. The van der Waals surface area contributed by atoms with Gasteiger partial charge in [0.15, 0.2) is 5.78 Å². The molecule has 0 aliphatic heterocycles. The Bertz CT molecular complexity index is 1200. The van der Waals surface area contributed by atoms with Gasteiger partial charge in [0, 0.05) is 15.6 Å². The SMILES string of the molecule is O=C(Cc1cccc2ccccc12)Nc1cc(Br)ccc1C(=O)c1ccccc1. The molecule has 29 heavy (non-hydrogen) atoms. The van der Waals surface area contributed by atoms with Crippen LogP contribution in [0.4, 0.5) is 5.69 Å². The molecule has 0 heterocycles. The molecule has 4 aromatic carbocycles. The van der Waals surface area contributed by atoms with Gasteiger partial charge in [-0.25, -0.2) is 0 Å². The van der Waals surface area contributed by atoms with Crippen molar-refractivity contribution in [2.24, 2.45) is 0 Å². The zero-order valence-corrected chi connectivity index (χ0v) is 17.1. The van der Waals surface area contributed by atoms with Crippen LogP contribution >= 0.6 is 15.9 Å². The maximum absolute atomic E-state index is 12.9. The van der Waals surface area contributed by atoms with Gasteiger partial charge in [0.2, 0.25) is 5.91 Å². The van der Waals surface area contributed by atoms with Gasteiger partial charge in [-0.1, -0.05) is 88.7 Å². The molecule has 1 N–H and O–H groups in total. The molecule has 4 heteroatoms. The Morgan fingerprint density at radius 3 is 2.34 bits per heavy atom. The first kappa shape index (κ1) is 19.1. The third-order valence-electron chi connectivity index (χ3n) is 4.77. The number of hydrogen-bond donors (Lipinski definition) is 1. The number of carbonyl (C=O) groups excluding carboxylic acids is 2. The number of halogens is 1. The Morgan fingerprint density at radius 2 is 1.52 bits per heavy atom. The number of amides is 1. The summed E-state index contributed by atoms with van der Waals surface area (Å²) in [6.45, 7) is 0. The second kappa shape index (κ2) is 8.41. The lowest BCUT2D eigenvalue weighted by Gasteiger charge is -2.12. The monoisotopic (exact) mass is 443 g/mol. The van der Waals surface area contributed by atoms with Crippen molar-refractivity contribution in [3.63, 3.8) is 0 Å². The quantitative estimate of drug-likeness (QED) is 0.383. The average molecular weight is 444 g/mol. The molecule has 0 spiro atoms. The molecule has 0 unspecified atom stereocenters. The summed E-state index contributed by atoms with van der Waals surface area (Å²) in [5, 5.41) is 5.08. The zero-order chi connectivity index (χ0) is 20.2. The molecule has 0 atom stereocenters. The van der Waals surface area contributed by atoms with Crippen molar-refractivity contribution in [1.82, 2.24) is 0 Å². The molecule has 0 aliphatic rings. The number of hydrogen-bond acceptors (Lipinski definition) is 2. The first-order valence-electron chi connectivity index (χ1n) is 9.27. The first-order chi connectivity index (χ1) is 14.1. The van der Waals surface area contributed by atoms with Crippen LogP contribution in [0.5, 0.6) is 0 Å². The third kappa shape index (κ3) is 4.28. The summed E-state index contributed by atoms with van der Waals surface area (Å²) in [6.07, 6.45) is 0.229. The summed E-state index contributed by atoms with van der Waals surface area (Å²) in [5.41, 5.74) is 2.50. The summed E-state index contributed by atoms with van der Waals surface area (Å²) in [7, 11) is 0. The molecule has 0 radical (unpaired) electrons. The van der Waals surface area contributed by atoms with E-state index in [0.29, 0.717) is 16.8 Å². The second-order valence-corrected chi connectivity index (χ2v) is 7.66. The highest BCUT2D eigenvalue weighted by Crippen LogP contribution is 2.25. The molecule has 0 fully saturated rings. The van der Waals surface area contributed by atoms with E-state index in [1.807, 2.05) is 60.7 Å². The van der Waals surface area contributed by atoms with Crippen molar-refractivity contribution in [3.05, 3.63) is 112 Å². The fourth-order valence-electron chi connectivity index (χ4n) is 3.38. The predicted octanol–water partition coefficient (Wildman–Crippen LogP) is 6.01. The Morgan fingerprint density at radius 1 is 0.793 bits per heavy atom. The molecule has 1 amide bonds. The van der Waals surface area contributed by atoms with E-state index in [0.717, 1.165) is 20.8 Å². The summed E-state index contributed by atoms with van der Waals surface area (Å²) in [6, 6.07) is 28.3. The Balaban J connectivity index is 1.61. The smallest absolute Gasteiger partial charge is 0.228 e. The van der Waals surface area contributed by atoms with E-state index in [9.17, 15) is 9.59 Å². The van der Waals surface area contributed by atoms with Crippen molar-refractivity contribution in [2.75, 3.05) is 5.32 Å². The highest BCUT2D eigenvalue weighted by molar-refractivity contribution is 9.10. The number of anilines is 1. The summed E-state index contributed by atoms with van der Waals surface area (Å²) in [4.78, 5) is 25.7. The van der Waals surface area contributed by atoms with Crippen molar-refractivity contribution < 1.29 is 9.59 Å². The summed E-state index contributed by atoms with van der Waals surface area (Å²) >= 11 is 3.43. The van der Waals surface area contributed by atoms with E-state index in [2.05, 4.69) is 21.2 Å². The fourth-order valence-corrected chi connectivity index (χ4v) is 3.74. The lowest BCUT2D eigenvalue weighted by atomic mass is 10.0. The standard InChI is InChI=1S/C25H18BrNO2/c26-20-13-14-22(25(29)18-8-2-1-3-9-18)23(16-20)27-24(28)15-19-11-6-10-17-7-4-5-12-21(17)19/h1-14,16H,15H2,(H,27,28). The lowest BCUT2D eigenvalue weighted by Crippen LogP contribution is -2.17.